The fourth-order valence-electron chi connectivity index (χ4n) is 19.7. The van der Waals surface area contributed by atoms with Gasteiger partial charge in [-0.1, -0.05) is 437 Å². The molecule has 9 heteroatoms. The number of nitrogens with zero attached hydrogens (tertiary/aromatic N) is 9. The van der Waals surface area contributed by atoms with Crippen LogP contribution in [-0.2, 0) is 0 Å². The van der Waals surface area contributed by atoms with Crippen molar-refractivity contribution in [2.24, 2.45) is 0 Å². The molecule has 632 valence electrons. The molecule has 27 rings (SSSR count). The first-order valence-electron chi connectivity index (χ1n) is 45.9. The maximum absolute atomic E-state index is 5.24. The molecule has 0 aliphatic heterocycles. The first-order valence-corrected chi connectivity index (χ1v) is 45.9. The standard InChI is InChI=1S/C47H29N3.C41H25N3.C39H25N3/c1-2-12-32(13-3-1)45-48-46(38-23-25-42-36(27-38)21-19-31-11-7-9-17-40(31)42)50-47(49-45)44-29-34-15-5-4-14-33(34)28-43(44)37-22-24-41-35(26-37)20-18-30-10-6-8-16-39(30)41;1-6-15-33-26(9-1)12-7-17-37(33)40-42-39(30-22-23-34-29(25-30)20-19-27-10-2-4-13-31(27)34)43-41(44-40)38-18-8-16-35-32-14-5-3-11-28(32)21-24-36(35)38;1-3-12-27(13-4-1)34-25-35-30(23-22-28-15-8-10-20-32(28)35)24-36(34)39-41-37(29-16-5-2-6-17-29)40-38(42-39)33-21-11-18-26-14-7-9-19-31(26)33/h1-29H;1-25H;1-25H. The van der Waals surface area contributed by atoms with Crippen molar-refractivity contribution in [1.29, 1.82) is 0 Å². The number of rotatable bonds is 11. The molecule has 0 saturated heterocycles. The van der Waals surface area contributed by atoms with Crippen molar-refractivity contribution in [3.05, 3.63) is 479 Å². The van der Waals surface area contributed by atoms with Gasteiger partial charge < -0.3 is 0 Å². The SMILES string of the molecule is c1ccc(-c2nc(-c3cc4ccc5ccccc5c4cc3-c3ccccc3)nc(-c3cccc4ccccc34)n2)cc1.c1ccc(-c2nc(-c3ccc4c(ccc5ccccc54)c3)nc(-c3cc4ccccc4cc3-c3ccc4c(ccc5ccccc54)c3)n2)cc1.c1ccc2c(-c3nc(-c4ccc5c(ccc6ccccc65)c4)nc(-c4cccc5c4ccc4ccccc45)n3)cccc2c1. The molecule has 0 amide bonds. The Kier molecular flexibility index (Phi) is 20.1. The minimum Gasteiger partial charge on any atom is -0.208 e. The zero-order valence-corrected chi connectivity index (χ0v) is 73.6. The van der Waals surface area contributed by atoms with Gasteiger partial charge in [0.15, 0.2) is 52.4 Å². The average molecular weight is 1730 g/mol. The van der Waals surface area contributed by atoms with Crippen molar-refractivity contribution in [3.8, 4) is 125 Å². The molecule has 0 fully saturated rings. The largest absolute Gasteiger partial charge is 0.208 e. The van der Waals surface area contributed by atoms with Gasteiger partial charge >= 0.3 is 0 Å². The highest BCUT2D eigenvalue weighted by Gasteiger charge is 2.24. The number of hydrogen-bond donors (Lipinski definition) is 0. The summed E-state index contributed by atoms with van der Waals surface area (Å²) >= 11 is 0. The Balaban J connectivity index is 0.000000109. The summed E-state index contributed by atoms with van der Waals surface area (Å²) < 4.78 is 0. The van der Waals surface area contributed by atoms with Gasteiger partial charge in [-0.2, -0.15) is 0 Å². The molecule has 0 N–H and O–H groups in total. The molecular weight excluding hydrogens is 1650 g/mol. The van der Waals surface area contributed by atoms with Gasteiger partial charge in [-0.15, -0.1) is 0 Å². The van der Waals surface area contributed by atoms with E-state index in [0.717, 1.165) is 121 Å². The molecule has 0 aliphatic rings. The summed E-state index contributed by atoms with van der Waals surface area (Å²) in [5.41, 5.74) is 13.1. The highest BCUT2D eigenvalue weighted by molar-refractivity contribution is 6.16. The summed E-state index contributed by atoms with van der Waals surface area (Å²) in [5.74, 6) is 5.89. The van der Waals surface area contributed by atoms with Crippen LogP contribution in [0.1, 0.15) is 0 Å². The molecule has 0 saturated carbocycles. The van der Waals surface area contributed by atoms with Crippen molar-refractivity contribution in [3.63, 3.8) is 0 Å². The number of fused-ring (bicyclic) bond motifs is 18. The molecule has 0 aliphatic carbocycles. The van der Waals surface area contributed by atoms with E-state index < -0.39 is 0 Å². The van der Waals surface area contributed by atoms with Gasteiger partial charge in [0.05, 0.1) is 0 Å². The summed E-state index contributed by atoms with van der Waals surface area (Å²) in [6, 6.07) is 169. The Morgan fingerprint density at radius 3 is 0.735 bits per heavy atom. The van der Waals surface area contributed by atoms with Gasteiger partial charge in [-0.05, 0) is 205 Å². The van der Waals surface area contributed by atoms with Crippen molar-refractivity contribution in [2.45, 2.75) is 0 Å². The Hall–Kier alpha value is -18.3. The van der Waals surface area contributed by atoms with Crippen molar-refractivity contribution in [1.82, 2.24) is 44.9 Å². The van der Waals surface area contributed by atoms with Gasteiger partial charge in [0.1, 0.15) is 0 Å². The molecule has 0 bridgehead atoms. The lowest BCUT2D eigenvalue weighted by Gasteiger charge is -2.15. The molecule has 0 spiro atoms. The summed E-state index contributed by atoms with van der Waals surface area (Å²) in [5, 5.41) is 31.0. The van der Waals surface area contributed by atoms with E-state index in [1.807, 2.05) is 36.4 Å². The zero-order valence-electron chi connectivity index (χ0n) is 73.6. The first kappa shape index (κ1) is 79.8. The van der Waals surface area contributed by atoms with Gasteiger partial charge in [0.25, 0.3) is 0 Å². The molecular formula is C127H79N9. The van der Waals surface area contributed by atoms with E-state index in [1.165, 1.54) is 91.6 Å². The second-order valence-corrected chi connectivity index (χ2v) is 34.6. The molecule has 0 radical (unpaired) electrons. The zero-order chi connectivity index (χ0) is 89.9. The van der Waals surface area contributed by atoms with Crippen LogP contribution in [0.5, 0.6) is 0 Å². The van der Waals surface area contributed by atoms with E-state index >= 15 is 0 Å². The van der Waals surface area contributed by atoms with Gasteiger partial charge in [0.2, 0.25) is 0 Å². The lowest BCUT2D eigenvalue weighted by molar-refractivity contribution is 1.08. The van der Waals surface area contributed by atoms with Gasteiger partial charge in [-0.25, -0.2) is 44.9 Å². The Bertz CT molecular complexity index is 9450. The number of aromatic nitrogens is 9. The average Bonchev–Trinajstić information content (AvgIpc) is 0.759. The molecule has 27 aromatic rings. The molecule has 0 atom stereocenters. The summed E-state index contributed by atoms with van der Waals surface area (Å²) in [7, 11) is 0. The van der Waals surface area contributed by atoms with Crippen LogP contribution >= 0.6 is 0 Å². The monoisotopic (exact) mass is 1730 g/mol. The summed E-state index contributed by atoms with van der Waals surface area (Å²) in [6.07, 6.45) is 0. The molecule has 24 aromatic carbocycles. The Morgan fingerprint density at radius 2 is 0.316 bits per heavy atom. The fraction of sp³-hybridized carbons (Fsp3) is 0. The van der Waals surface area contributed by atoms with E-state index in [4.69, 9.17) is 44.9 Å². The van der Waals surface area contributed by atoms with Crippen molar-refractivity contribution < 1.29 is 0 Å². The predicted molar refractivity (Wildman–Crippen MR) is 567 cm³/mol. The second kappa shape index (κ2) is 34.2. The van der Waals surface area contributed by atoms with Gasteiger partial charge in [-0.3, -0.25) is 0 Å². The molecule has 3 heterocycles. The van der Waals surface area contributed by atoms with E-state index in [0.29, 0.717) is 52.4 Å². The predicted octanol–water partition coefficient (Wildman–Crippen LogP) is 32.9. The maximum Gasteiger partial charge on any atom is 0.164 e. The van der Waals surface area contributed by atoms with Crippen LogP contribution in [0.25, 0.3) is 265 Å². The Morgan fingerprint density at radius 1 is 0.0882 bits per heavy atom. The summed E-state index contributed by atoms with van der Waals surface area (Å²) in [4.78, 5) is 46.3. The number of benzene rings is 24. The molecule has 9 nitrogen and oxygen atoms in total. The number of hydrogen-bond acceptors (Lipinski definition) is 9. The lowest BCUT2D eigenvalue weighted by Crippen LogP contribution is -2.01. The molecule has 136 heavy (non-hydrogen) atoms. The smallest absolute Gasteiger partial charge is 0.164 e. The molecule has 3 aromatic heterocycles. The van der Waals surface area contributed by atoms with Crippen LogP contribution in [-0.4, -0.2) is 44.9 Å². The minimum atomic E-state index is 0.645. The first-order chi connectivity index (χ1) is 67.4. The van der Waals surface area contributed by atoms with Crippen LogP contribution in [0.4, 0.5) is 0 Å². The van der Waals surface area contributed by atoms with E-state index in [2.05, 4.69) is 443 Å². The van der Waals surface area contributed by atoms with Crippen molar-refractivity contribution in [2.75, 3.05) is 0 Å². The highest BCUT2D eigenvalue weighted by Crippen LogP contribution is 2.44. The van der Waals surface area contributed by atoms with E-state index in [1.54, 1.807) is 0 Å². The van der Waals surface area contributed by atoms with Crippen LogP contribution in [0, 0.1) is 0 Å². The highest BCUT2D eigenvalue weighted by atomic mass is 15.1. The normalized spacial score (nSPS) is 11.5. The van der Waals surface area contributed by atoms with Crippen LogP contribution in [0.15, 0.2) is 479 Å². The quantitative estimate of drug-likeness (QED) is 0.117. The third-order valence-corrected chi connectivity index (χ3v) is 26.5. The van der Waals surface area contributed by atoms with E-state index in [9.17, 15) is 0 Å². The summed E-state index contributed by atoms with van der Waals surface area (Å²) in [6.45, 7) is 0. The van der Waals surface area contributed by atoms with Gasteiger partial charge in [0, 0.05) is 50.1 Å². The maximum atomic E-state index is 5.24. The van der Waals surface area contributed by atoms with E-state index in [-0.39, 0.29) is 0 Å². The molecule has 0 unspecified atom stereocenters. The van der Waals surface area contributed by atoms with Crippen LogP contribution in [0.3, 0.4) is 0 Å². The van der Waals surface area contributed by atoms with Crippen LogP contribution in [0.2, 0.25) is 0 Å². The van der Waals surface area contributed by atoms with Crippen LogP contribution < -0.4 is 0 Å². The topological polar surface area (TPSA) is 116 Å². The Labute approximate surface area is 783 Å². The lowest BCUT2D eigenvalue weighted by atomic mass is 9.92. The third kappa shape index (κ3) is 14.9. The minimum absolute atomic E-state index is 0.645. The van der Waals surface area contributed by atoms with Crippen molar-refractivity contribution >= 4 is 140 Å². The fourth-order valence-corrected chi connectivity index (χ4v) is 19.7. The second-order valence-electron chi connectivity index (χ2n) is 34.6. The third-order valence-electron chi connectivity index (χ3n) is 26.5.